The first-order valence-electron chi connectivity index (χ1n) is 31.8. The highest BCUT2D eigenvalue weighted by molar-refractivity contribution is 5.70. The molecule has 0 aromatic carbocycles. The predicted octanol–water partition coefficient (Wildman–Crippen LogP) is 21.8. The summed E-state index contributed by atoms with van der Waals surface area (Å²) < 4.78 is 10.7. The summed E-state index contributed by atoms with van der Waals surface area (Å²) in [5, 5.41) is 9.68. The number of unbranched alkanes of at least 4 members (excludes halogenated alkanes) is 41. The van der Waals surface area contributed by atoms with Crippen LogP contribution in [0.4, 0.5) is 0 Å². The first kappa shape index (κ1) is 69.6. The van der Waals surface area contributed by atoms with Crippen LogP contribution in [0.15, 0.2) is 60.8 Å². The molecule has 0 rings (SSSR count). The van der Waals surface area contributed by atoms with Gasteiger partial charge in [-0.3, -0.25) is 9.59 Å². The Kier molecular flexibility index (Phi) is 60.8. The second kappa shape index (κ2) is 62.9. The molecule has 0 spiro atoms. The number of allylic oxidation sites excluding steroid dienone is 10. The number of ether oxygens (including phenoxy) is 2. The summed E-state index contributed by atoms with van der Waals surface area (Å²) in [5.74, 6) is -0.578. The fourth-order valence-corrected chi connectivity index (χ4v) is 9.48. The molecule has 5 heteroatoms. The van der Waals surface area contributed by atoms with Gasteiger partial charge in [-0.2, -0.15) is 0 Å². The van der Waals surface area contributed by atoms with Gasteiger partial charge in [0, 0.05) is 12.8 Å². The summed E-state index contributed by atoms with van der Waals surface area (Å²) >= 11 is 0. The van der Waals surface area contributed by atoms with E-state index in [1.165, 1.54) is 250 Å². The number of carbonyl (C=O) groups is 2. The first-order valence-corrected chi connectivity index (χ1v) is 31.8. The lowest BCUT2D eigenvalue weighted by atomic mass is 10.0. The zero-order valence-corrected chi connectivity index (χ0v) is 48.2. The van der Waals surface area contributed by atoms with Gasteiger partial charge in [0.1, 0.15) is 6.61 Å². The summed E-state index contributed by atoms with van der Waals surface area (Å²) in [4.78, 5) is 24.6. The van der Waals surface area contributed by atoms with Gasteiger partial charge in [-0.05, 0) is 83.5 Å². The van der Waals surface area contributed by atoms with E-state index >= 15 is 0 Å². The van der Waals surface area contributed by atoms with Crippen LogP contribution in [0.25, 0.3) is 0 Å². The number of aliphatic hydroxyl groups is 1. The van der Waals surface area contributed by atoms with Crippen LogP contribution in [0.5, 0.6) is 0 Å². The van der Waals surface area contributed by atoms with Crippen LogP contribution >= 0.6 is 0 Å². The van der Waals surface area contributed by atoms with Crippen LogP contribution in [0.1, 0.15) is 335 Å². The highest BCUT2D eigenvalue weighted by Crippen LogP contribution is 2.17. The molecule has 0 aromatic heterocycles. The van der Waals surface area contributed by atoms with Gasteiger partial charge >= 0.3 is 11.9 Å². The molecule has 0 aliphatic rings. The van der Waals surface area contributed by atoms with Crippen molar-refractivity contribution in [2.24, 2.45) is 0 Å². The van der Waals surface area contributed by atoms with Crippen molar-refractivity contribution in [1.82, 2.24) is 0 Å². The number of esters is 2. The third-order valence-electron chi connectivity index (χ3n) is 14.3. The molecule has 0 saturated heterocycles. The van der Waals surface area contributed by atoms with E-state index in [2.05, 4.69) is 74.6 Å². The fourth-order valence-electron chi connectivity index (χ4n) is 9.48. The zero-order valence-electron chi connectivity index (χ0n) is 48.2. The summed E-state index contributed by atoms with van der Waals surface area (Å²) in [6.07, 6.45) is 85.1. The number of carbonyl (C=O) groups excluding carboxylic acids is 2. The lowest BCUT2D eigenvalue weighted by molar-refractivity contribution is -0.161. The van der Waals surface area contributed by atoms with Gasteiger partial charge in [-0.1, -0.05) is 299 Å². The Morgan fingerprint density at radius 3 is 0.833 bits per heavy atom. The third kappa shape index (κ3) is 60.2. The smallest absolute Gasteiger partial charge is 0.306 e. The van der Waals surface area contributed by atoms with Crippen LogP contribution in [0, 0.1) is 0 Å². The molecule has 0 saturated carbocycles. The summed E-state index contributed by atoms with van der Waals surface area (Å²) in [7, 11) is 0. The minimum absolute atomic E-state index is 0.0643. The van der Waals surface area contributed by atoms with E-state index in [4.69, 9.17) is 9.47 Å². The molecule has 0 radical (unpaired) electrons. The van der Waals surface area contributed by atoms with Crippen LogP contribution < -0.4 is 0 Å². The summed E-state index contributed by atoms with van der Waals surface area (Å²) in [6, 6.07) is 0. The van der Waals surface area contributed by atoms with E-state index in [0.29, 0.717) is 12.8 Å². The lowest BCUT2D eigenvalue weighted by Crippen LogP contribution is -2.28. The van der Waals surface area contributed by atoms with E-state index in [-0.39, 0.29) is 25.2 Å². The normalized spacial score (nSPS) is 12.5. The highest BCUT2D eigenvalue weighted by atomic mass is 16.6. The molecule has 5 nitrogen and oxygen atoms in total. The van der Waals surface area contributed by atoms with Gasteiger partial charge in [0.15, 0.2) is 6.10 Å². The van der Waals surface area contributed by atoms with E-state index < -0.39 is 6.10 Å². The topological polar surface area (TPSA) is 72.8 Å². The Bertz CT molecular complexity index is 1230. The Balaban J connectivity index is 3.44. The van der Waals surface area contributed by atoms with Crippen molar-refractivity contribution in [3.05, 3.63) is 60.8 Å². The average Bonchev–Trinajstić information content (AvgIpc) is 3.38. The molecule has 1 atom stereocenters. The van der Waals surface area contributed by atoms with Crippen molar-refractivity contribution in [1.29, 1.82) is 0 Å². The van der Waals surface area contributed by atoms with Gasteiger partial charge in [0.25, 0.3) is 0 Å². The van der Waals surface area contributed by atoms with Crippen molar-refractivity contribution in [2.45, 2.75) is 341 Å². The van der Waals surface area contributed by atoms with Crippen molar-refractivity contribution < 1.29 is 24.2 Å². The van der Waals surface area contributed by atoms with Crippen LogP contribution in [-0.2, 0) is 19.1 Å². The summed E-state index contributed by atoms with van der Waals surface area (Å²) in [6.45, 7) is 4.16. The Morgan fingerprint density at radius 2 is 0.556 bits per heavy atom. The number of aliphatic hydroxyl groups excluding tert-OH is 1. The number of hydrogen-bond donors (Lipinski definition) is 1. The molecular weight excluding hydrogens is 885 g/mol. The minimum Gasteiger partial charge on any atom is -0.462 e. The third-order valence-corrected chi connectivity index (χ3v) is 14.3. The molecule has 0 amide bonds. The maximum absolute atomic E-state index is 12.3. The van der Waals surface area contributed by atoms with Crippen molar-refractivity contribution in [3.8, 4) is 0 Å². The van der Waals surface area contributed by atoms with Gasteiger partial charge in [-0.25, -0.2) is 0 Å². The first-order chi connectivity index (χ1) is 35.6. The lowest BCUT2D eigenvalue weighted by Gasteiger charge is -2.15. The summed E-state index contributed by atoms with van der Waals surface area (Å²) in [5.41, 5.74) is 0. The largest absolute Gasteiger partial charge is 0.462 e. The van der Waals surface area contributed by atoms with Crippen molar-refractivity contribution in [2.75, 3.05) is 13.2 Å². The Morgan fingerprint density at radius 1 is 0.319 bits per heavy atom. The van der Waals surface area contributed by atoms with E-state index in [0.717, 1.165) is 57.8 Å². The SMILES string of the molecule is CCCCCCC/C=C\C/C=C\C/C=C\CCCCCCCCCCCCCCC(=O)OC(CO)COC(=O)CCCCCCCCCCCCCCCCCCCCC/C=C\C/C=C\CCCCCCC. The molecule has 420 valence electrons. The molecule has 0 heterocycles. The maximum atomic E-state index is 12.3. The molecule has 1 unspecified atom stereocenters. The fraction of sp³-hybridized carbons (Fsp3) is 0.821. The molecule has 0 bridgehead atoms. The Hall–Kier alpha value is -2.40. The second-order valence-electron chi connectivity index (χ2n) is 21.5. The van der Waals surface area contributed by atoms with Gasteiger partial charge in [0.2, 0.25) is 0 Å². The monoisotopic (exact) mass is 1010 g/mol. The molecule has 0 fully saturated rings. The van der Waals surface area contributed by atoms with E-state index in [1.54, 1.807) is 0 Å². The van der Waals surface area contributed by atoms with Gasteiger partial charge < -0.3 is 14.6 Å². The molecular formula is C67H122O5. The van der Waals surface area contributed by atoms with Crippen LogP contribution in [-0.4, -0.2) is 36.4 Å². The maximum Gasteiger partial charge on any atom is 0.306 e. The van der Waals surface area contributed by atoms with Crippen molar-refractivity contribution in [3.63, 3.8) is 0 Å². The molecule has 72 heavy (non-hydrogen) atoms. The second-order valence-corrected chi connectivity index (χ2v) is 21.5. The Labute approximate surface area is 449 Å². The number of rotatable bonds is 59. The quantitative estimate of drug-likeness (QED) is 0.0373. The van der Waals surface area contributed by atoms with Gasteiger partial charge in [0.05, 0.1) is 6.61 Å². The van der Waals surface area contributed by atoms with Crippen LogP contribution in [0.2, 0.25) is 0 Å². The van der Waals surface area contributed by atoms with E-state index in [1.807, 2.05) is 0 Å². The average molecular weight is 1010 g/mol. The van der Waals surface area contributed by atoms with Crippen LogP contribution in [0.3, 0.4) is 0 Å². The standard InChI is InChI=1S/C67H122O5/c1-3-5-7-9-11-13-15-17-19-21-23-25-27-29-31-32-33-34-36-37-39-41-43-45-47-49-51-53-55-57-59-61-66(69)71-64-65(63-68)72-67(70)62-60-58-56-54-52-50-48-46-44-42-40-38-35-30-28-26-24-22-20-18-16-14-12-10-8-6-4-2/h15-18,21-24,28,30,65,68H,3-14,19-20,25-27,29,31-64H2,1-2H3/b17-15-,18-16-,23-21-,24-22-,30-28-. The minimum atomic E-state index is -0.774. The van der Waals surface area contributed by atoms with E-state index in [9.17, 15) is 14.7 Å². The molecule has 0 aliphatic heterocycles. The molecule has 0 aromatic rings. The number of hydrogen-bond acceptors (Lipinski definition) is 5. The predicted molar refractivity (Wildman–Crippen MR) is 316 cm³/mol. The van der Waals surface area contributed by atoms with Gasteiger partial charge in [-0.15, -0.1) is 0 Å². The van der Waals surface area contributed by atoms with Crippen molar-refractivity contribution >= 4 is 11.9 Å². The highest BCUT2D eigenvalue weighted by Gasteiger charge is 2.16. The molecule has 1 N–H and O–H groups in total. The zero-order chi connectivity index (χ0) is 52.0. The molecule has 0 aliphatic carbocycles.